The fourth-order valence-electron chi connectivity index (χ4n) is 12.8. The van der Waals surface area contributed by atoms with E-state index in [0.29, 0.717) is 47.1 Å². The summed E-state index contributed by atoms with van der Waals surface area (Å²) in [7, 11) is 0. The van der Waals surface area contributed by atoms with Crippen molar-refractivity contribution in [2.75, 3.05) is 0 Å². The molecule has 0 unspecified atom stereocenters. The Morgan fingerprint density at radius 2 is 1.17 bits per heavy atom. The predicted octanol–water partition coefficient (Wildman–Crippen LogP) is 3.49. The standard InChI is InChI=1S/C22H26O2/c1-19-13-9-5-3-8-22(9,17(19)23)16-11(13)12-14-10-6-4-7-21(10,15(12)19)18(24)20(14,16)2/h9-16H,3-8H2,1-2H3/t9-,10+,11+,12-,13+,14-,15+,16-,19-,20-,21+,22+/m1/s1. The van der Waals surface area contributed by atoms with Gasteiger partial charge in [0.2, 0.25) is 0 Å². The van der Waals surface area contributed by atoms with E-state index in [0.717, 1.165) is 24.7 Å². The topological polar surface area (TPSA) is 34.1 Å². The third-order valence-electron chi connectivity index (χ3n) is 12.1. The van der Waals surface area contributed by atoms with E-state index in [9.17, 15) is 9.59 Å². The summed E-state index contributed by atoms with van der Waals surface area (Å²) >= 11 is 0. The molecule has 0 aromatic rings. The Morgan fingerprint density at radius 1 is 0.750 bits per heavy atom. The molecule has 8 rings (SSSR count). The van der Waals surface area contributed by atoms with Crippen molar-refractivity contribution in [3.05, 3.63) is 0 Å². The molecule has 2 nitrogen and oxygen atoms in total. The van der Waals surface area contributed by atoms with E-state index in [2.05, 4.69) is 13.8 Å². The minimum absolute atomic E-state index is 0.0590. The predicted molar refractivity (Wildman–Crippen MR) is 86.7 cm³/mol. The van der Waals surface area contributed by atoms with Crippen LogP contribution in [0.15, 0.2) is 0 Å². The third kappa shape index (κ3) is 0.687. The van der Waals surface area contributed by atoms with Crippen LogP contribution in [0.3, 0.4) is 0 Å². The van der Waals surface area contributed by atoms with E-state index in [1.165, 1.54) is 25.7 Å². The Labute approximate surface area is 143 Å². The van der Waals surface area contributed by atoms with Crippen LogP contribution in [0.1, 0.15) is 52.4 Å². The lowest BCUT2D eigenvalue weighted by Gasteiger charge is -2.53. The zero-order valence-corrected chi connectivity index (χ0v) is 14.7. The summed E-state index contributed by atoms with van der Waals surface area (Å²) in [5.74, 6) is 6.32. The Morgan fingerprint density at radius 3 is 1.58 bits per heavy atom. The molecular weight excluding hydrogens is 296 g/mol. The molecule has 0 heterocycles. The number of rotatable bonds is 0. The van der Waals surface area contributed by atoms with Crippen molar-refractivity contribution in [2.24, 2.45) is 69.0 Å². The molecule has 0 radical (unpaired) electrons. The second-order valence-corrected chi connectivity index (χ2v) is 11.5. The van der Waals surface area contributed by atoms with E-state index >= 15 is 0 Å². The molecule has 8 aliphatic carbocycles. The quantitative estimate of drug-likeness (QED) is 0.684. The minimum atomic E-state index is -0.119. The molecule has 0 aromatic carbocycles. The highest BCUT2D eigenvalue weighted by atomic mass is 16.1. The summed E-state index contributed by atoms with van der Waals surface area (Å²) in [4.78, 5) is 28.0. The Bertz CT molecular complexity index is 734. The largest absolute Gasteiger partial charge is 0.298 e. The molecule has 8 saturated carbocycles. The van der Waals surface area contributed by atoms with E-state index in [1.54, 1.807) is 0 Å². The van der Waals surface area contributed by atoms with Crippen molar-refractivity contribution in [3.63, 3.8) is 0 Å². The number of carbonyl (C=O) groups is 2. The van der Waals surface area contributed by atoms with Gasteiger partial charge in [-0.15, -0.1) is 0 Å². The second kappa shape index (κ2) is 2.89. The van der Waals surface area contributed by atoms with Gasteiger partial charge in [-0.25, -0.2) is 0 Å². The lowest BCUT2D eigenvalue weighted by molar-refractivity contribution is -0.163. The zero-order chi connectivity index (χ0) is 16.0. The summed E-state index contributed by atoms with van der Waals surface area (Å²) in [5.41, 5.74) is -0.357. The monoisotopic (exact) mass is 322 g/mol. The summed E-state index contributed by atoms with van der Waals surface area (Å²) in [5, 5.41) is 0. The molecule has 8 aliphatic rings. The molecule has 126 valence electrons. The first-order valence-corrected chi connectivity index (χ1v) is 10.6. The van der Waals surface area contributed by atoms with Crippen molar-refractivity contribution < 1.29 is 9.59 Å². The summed E-state index contributed by atoms with van der Waals surface area (Å²) < 4.78 is 0. The van der Waals surface area contributed by atoms with Crippen molar-refractivity contribution >= 4 is 11.6 Å². The number of ketones is 2. The van der Waals surface area contributed by atoms with Gasteiger partial charge in [0.05, 0.1) is 0 Å². The van der Waals surface area contributed by atoms with Gasteiger partial charge in [0.25, 0.3) is 0 Å². The lowest BCUT2D eigenvalue weighted by atomic mass is 9.48. The summed E-state index contributed by atoms with van der Waals surface area (Å²) in [6.07, 6.45) is 7.29. The highest BCUT2D eigenvalue weighted by Crippen LogP contribution is 2.97. The number of hydrogen-bond donors (Lipinski definition) is 0. The van der Waals surface area contributed by atoms with E-state index in [1.807, 2.05) is 0 Å². The Kier molecular flexibility index (Phi) is 1.52. The smallest absolute Gasteiger partial charge is 0.146 e. The van der Waals surface area contributed by atoms with Crippen LogP contribution >= 0.6 is 0 Å². The van der Waals surface area contributed by atoms with Gasteiger partial charge in [0.15, 0.2) is 0 Å². The van der Waals surface area contributed by atoms with Crippen LogP contribution in [0.25, 0.3) is 0 Å². The molecule has 0 N–H and O–H groups in total. The molecule has 0 spiro atoms. The van der Waals surface area contributed by atoms with E-state index < -0.39 is 0 Å². The van der Waals surface area contributed by atoms with Crippen LogP contribution < -0.4 is 0 Å². The first-order valence-electron chi connectivity index (χ1n) is 10.6. The summed E-state index contributed by atoms with van der Waals surface area (Å²) in [6.45, 7) is 4.71. The van der Waals surface area contributed by atoms with Gasteiger partial charge in [-0.1, -0.05) is 26.7 Å². The fourth-order valence-corrected chi connectivity index (χ4v) is 12.8. The van der Waals surface area contributed by atoms with Gasteiger partial charge in [-0.05, 0) is 73.0 Å². The van der Waals surface area contributed by atoms with Gasteiger partial charge < -0.3 is 0 Å². The van der Waals surface area contributed by atoms with Crippen molar-refractivity contribution in [3.8, 4) is 0 Å². The highest BCUT2D eigenvalue weighted by molar-refractivity contribution is 6.05. The van der Waals surface area contributed by atoms with Gasteiger partial charge in [-0.3, -0.25) is 9.59 Å². The van der Waals surface area contributed by atoms with Crippen LogP contribution in [0.4, 0.5) is 0 Å². The number of Topliss-reactive ketones (excluding diaryl/α,β-unsaturated/α-hetero) is 2. The van der Waals surface area contributed by atoms with Crippen LogP contribution in [-0.2, 0) is 9.59 Å². The first-order chi connectivity index (χ1) is 11.5. The molecule has 12 atom stereocenters. The molecule has 24 heavy (non-hydrogen) atoms. The molecule has 4 bridgehead atoms. The average molecular weight is 322 g/mol. The van der Waals surface area contributed by atoms with Crippen molar-refractivity contribution in [1.82, 2.24) is 0 Å². The Balaban J connectivity index is 1.55. The maximum absolute atomic E-state index is 14.0. The highest BCUT2D eigenvalue weighted by Gasteiger charge is 2.98. The van der Waals surface area contributed by atoms with Crippen molar-refractivity contribution in [1.29, 1.82) is 0 Å². The zero-order valence-electron chi connectivity index (χ0n) is 14.7. The first kappa shape index (κ1) is 12.7. The van der Waals surface area contributed by atoms with Crippen LogP contribution in [-0.4, -0.2) is 11.6 Å². The molecule has 0 aliphatic heterocycles. The SMILES string of the molecule is C[C@@]12C(=O)[C@@]34CCC[C@H]3[C@@H]1[C@H]1[C@H]3[C@@H]5[C@H]6CCC[C@@]6(C(=O)[C@@]5(C)[C@H]14)[C@H]32. The van der Waals surface area contributed by atoms with Gasteiger partial charge in [0, 0.05) is 21.7 Å². The third-order valence-corrected chi connectivity index (χ3v) is 12.1. The normalized spacial score (nSPS) is 77.4. The maximum atomic E-state index is 14.0. The molecule has 0 saturated heterocycles. The average Bonchev–Trinajstić information content (AvgIpc) is 3.29. The van der Waals surface area contributed by atoms with Crippen LogP contribution in [0.2, 0.25) is 0 Å². The maximum Gasteiger partial charge on any atom is 0.146 e. The minimum Gasteiger partial charge on any atom is -0.298 e. The molecule has 2 heteroatoms. The van der Waals surface area contributed by atoms with Crippen molar-refractivity contribution in [2.45, 2.75) is 52.4 Å². The Hall–Kier alpha value is -0.660. The fraction of sp³-hybridized carbons (Fsp3) is 0.909. The van der Waals surface area contributed by atoms with Gasteiger partial charge >= 0.3 is 0 Å². The molecule has 8 fully saturated rings. The van der Waals surface area contributed by atoms with E-state index in [-0.39, 0.29) is 21.7 Å². The van der Waals surface area contributed by atoms with E-state index in [4.69, 9.17) is 0 Å². The number of hydrogen-bond acceptors (Lipinski definition) is 2. The molecule has 0 amide bonds. The molecular formula is C22H26O2. The van der Waals surface area contributed by atoms with Crippen LogP contribution in [0.5, 0.6) is 0 Å². The number of carbonyl (C=O) groups excluding carboxylic acids is 2. The lowest BCUT2D eigenvalue weighted by Crippen LogP contribution is -2.59. The summed E-state index contributed by atoms with van der Waals surface area (Å²) in [6, 6.07) is 0. The second-order valence-electron chi connectivity index (χ2n) is 11.5. The van der Waals surface area contributed by atoms with Crippen LogP contribution in [0, 0.1) is 69.0 Å². The number of fused-ring (bicyclic) bond motifs is 2. The molecule has 0 aromatic heterocycles. The van der Waals surface area contributed by atoms with Gasteiger partial charge in [0.1, 0.15) is 11.6 Å². The van der Waals surface area contributed by atoms with Gasteiger partial charge in [-0.2, -0.15) is 0 Å².